The number of phosphoric ester groups is 1. The normalized spacial score (nSPS) is 42.7. The molecule has 2 heterocycles. The molecule has 0 bridgehead atoms. The molecule has 3 saturated carbocycles. The van der Waals surface area contributed by atoms with Crippen molar-refractivity contribution in [2.45, 2.75) is 107 Å². The Hall–Kier alpha value is -2.13. The Labute approximate surface area is 295 Å². The van der Waals surface area contributed by atoms with E-state index < -0.39 is 66.2 Å². The maximum atomic E-state index is 17.4. The van der Waals surface area contributed by atoms with Crippen LogP contribution in [0.5, 0.6) is 0 Å². The Morgan fingerprint density at radius 2 is 1.94 bits per heavy atom. The molecule has 16 heteroatoms. The lowest BCUT2D eigenvalue weighted by Gasteiger charge is -2.62. The number of amides is 3. The highest BCUT2D eigenvalue weighted by atomic mass is 32.2. The number of halogens is 1. The number of carbonyl (C=O) groups excluding carboxylic acids is 4. The predicted octanol–water partition coefficient (Wildman–Crippen LogP) is 2.88. The summed E-state index contributed by atoms with van der Waals surface area (Å²) >= 11 is 1.81. The average Bonchev–Trinajstić information content (AvgIpc) is 3.67. The number of unbranched alkanes of at least 4 members (excludes halogenated alkanes) is 1. The van der Waals surface area contributed by atoms with E-state index in [0.29, 0.717) is 36.5 Å². The van der Waals surface area contributed by atoms with Crippen molar-refractivity contribution in [2.24, 2.45) is 28.6 Å². The maximum Gasteiger partial charge on any atom is 0.472 e. The number of rotatable bonds is 13. The van der Waals surface area contributed by atoms with Crippen LogP contribution in [0.25, 0.3) is 0 Å². The van der Waals surface area contributed by atoms with E-state index in [-0.39, 0.29) is 55.8 Å². The molecule has 13 nitrogen and oxygen atoms in total. The van der Waals surface area contributed by atoms with Crippen LogP contribution in [-0.4, -0.2) is 98.8 Å². The van der Waals surface area contributed by atoms with Crippen molar-refractivity contribution in [2.75, 3.05) is 25.5 Å². The SMILES string of the molecule is C[C@H]1C[C@H]2[C@@H]3CCC4=CC(=O)C=C[C@]4(C)[C@@]3(F)[C@@H](O)C[C@]2(C)[C@@]1(O)C(=O)COP(=O)(O)OCCNC(=O)CCCC[C@@H]1SC[C@@H]2NC(=O)N[C@@H]21. The van der Waals surface area contributed by atoms with Gasteiger partial charge in [0.1, 0.15) is 12.2 Å². The Bertz CT molecular complexity index is 1530. The first-order chi connectivity index (χ1) is 23.5. The van der Waals surface area contributed by atoms with E-state index in [1.54, 1.807) is 26.8 Å². The van der Waals surface area contributed by atoms with Crippen molar-refractivity contribution in [3.05, 3.63) is 23.8 Å². The summed E-state index contributed by atoms with van der Waals surface area (Å²) in [5, 5.41) is 32.3. The topological polar surface area (TPSA) is 201 Å². The van der Waals surface area contributed by atoms with Gasteiger partial charge >= 0.3 is 13.9 Å². The standard InChI is InChI=1S/C34H49FN3O10PS/c1-19-14-23-22-9-8-20-15-21(39)10-11-31(20,2)33(22,35)26(40)16-32(23,3)34(19,44)27(41)17-48-49(45,46)47-13-12-36-28(42)7-5-4-6-25-29-24(18-50-25)37-30(43)38-29/h10-11,15,19,22-26,29,40,44H,4-9,12-14,16-18H2,1-3H3,(H,36,42)(H,45,46)(H2,37,38,43)/t19-,22-,23-,24-,25-,26-,29-,31-,32-,33-,34-/m0/s1. The number of ketones is 2. The summed E-state index contributed by atoms with van der Waals surface area (Å²) in [6.07, 6.45) is 6.19. The zero-order valence-electron chi connectivity index (χ0n) is 28.7. The molecule has 0 radical (unpaired) electrons. The Morgan fingerprint density at radius 3 is 2.70 bits per heavy atom. The van der Waals surface area contributed by atoms with Gasteiger partial charge in [0.2, 0.25) is 5.91 Å². The van der Waals surface area contributed by atoms with Gasteiger partial charge in [-0.25, -0.2) is 13.8 Å². The number of aliphatic hydroxyl groups is 2. The van der Waals surface area contributed by atoms with Crippen LogP contribution in [0.4, 0.5) is 9.18 Å². The zero-order valence-corrected chi connectivity index (χ0v) is 30.4. The average molecular weight is 742 g/mol. The first kappa shape index (κ1) is 37.6. The van der Waals surface area contributed by atoms with Gasteiger partial charge in [-0.3, -0.25) is 23.4 Å². The number of thioether (sulfide) groups is 1. The summed E-state index contributed by atoms with van der Waals surface area (Å²) in [5.41, 5.74) is -6.05. The molecule has 6 aliphatic rings. The van der Waals surface area contributed by atoms with Crippen molar-refractivity contribution in [1.82, 2.24) is 16.0 Å². The Kier molecular flexibility index (Phi) is 10.3. The van der Waals surface area contributed by atoms with Crippen LogP contribution >= 0.6 is 19.6 Å². The number of phosphoric acid groups is 1. The number of allylic oxidation sites excluding steroid dienone is 4. The van der Waals surface area contributed by atoms with E-state index in [1.807, 2.05) is 11.8 Å². The molecule has 0 aromatic rings. The van der Waals surface area contributed by atoms with Crippen molar-refractivity contribution in [1.29, 1.82) is 0 Å². The molecule has 50 heavy (non-hydrogen) atoms. The van der Waals surface area contributed by atoms with Crippen molar-refractivity contribution in [3.8, 4) is 0 Å². The molecule has 6 N–H and O–H groups in total. The van der Waals surface area contributed by atoms with E-state index in [0.717, 1.165) is 18.6 Å². The molecule has 0 spiro atoms. The fraction of sp³-hybridized carbons (Fsp3) is 0.765. The van der Waals surface area contributed by atoms with Gasteiger partial charge in [-0.05, 0) is 69.4 Å². The van der Waals surface area contributed by atoms with E-state index >= 15 is 4.39 Å². The number of aliphatic hydroxyl groups excluding tert-OH is 1. The smallest absolute Gasteiger partial charge is 0.390 e. The maximum absolute atomic E-state index is 17.4. The number of carbonyl (C=O) groups is 4. The molecule has 2 saturated heterocycles. The number of hydrogen-bond donors (Lipinski definition) is 6. The largest absolute Gasteiger partial charge is 0.472 e. The highest BCUT2D eigenvalue weighted by molar-refractivity contribution is 8.00. The van der Waals surface area contributed by atoms with E-state index in [9.17, 15) is 38.8 Å². The first-order valence-corrected chi connectivity index (χ1v) is 20.1. The van der Waals surface area contributed by atoms with Gasteiger partial charge in [0.05, 0.1) is 24.8 Å². The lowest BCUT2D eigenvalue weighted by molar-refractivity contribution is -0.219. The predicted molar refractivity (Wildman–Crippen MR) is 182 cm³/mol. The summed E-state index contributed by atoms with van der Waals surface area (Å²) in [6.45, 7) is 3.67. The number of Topliss-reactive ketones (excluding diaryl/α,β-unsaturated/α-hetero) is 1. The molecule has 0 aromatic heterocycles. The van der Waals surface area contributed by atoms with Gasteiger partial charge in [-0.2, -0.15) is 11.8 Å². The summed E-state index contributed by atoms with van der Waals surface area (Å²) in [5.74, 6) is -2.33. The van der Waals surface area contributed by atoms with Crippen LogP contribution < -0.4 is 16.0 Å². The van der Waals surface area contributed by atoms with Crippen LogP contribution in [0.15, 0.2) is 23.8 Å². The molecule has 1 unspecified atom stereocenters. The minimum absolute atomic E-state index is 0.0647. The number of nitrogens with one attached hydrogen (secondary N) is 3. The summed E-state index contributed by atoms with van der Waals surface area (Å²) in [6, 6.07) is 0.129. The molecule has 5 fully saturated rings. The third kappa shape index (κ3) is 6.22. The quantitative estimate of drug-likeness (QED) is 0.0922. The second-order valence-electron chi connectivity index (χ2n) is 15.4. The van der Waals surface area contributed by atoms with Gasteiger partial charge in [0.15, 0.2) is 17.2 Å². The highest BCUT2D eigenvalue weighted by Gasteiger charge is 2.75. The summed E-state index contributed by atoms with van der Waals surface area (Å²) < 4.78 is 40.0. The minimum atomic E-state index is -4.75. The van der Waals surface area contributed by atoms with Crippen LogP contribution in [0.1, 0.15) is 72.1 Å². The number of fused-ring (bicyclic) bond motifs is 6. The van der Waals surface area contributed by atoms with E-state index in [1.165, 1.54) is 12.2 Å². The fourth-order valence-electron chi connectivity index (χ4n) is 10.1. The molecule has 4 aliphatic carbocycles. The monoisotopic (exact) mass is 741 g/mol. The molecular formula is C34H49FN3O10PS. The number of alkyl halides is 1. The van der Waals surface area contributed by atoms with Crippen LogP contribution in [0.2, 0.25) is 0 Å². The zero-order chi connectivity index (χ0) is 36.3. The van der Waals surface area contributed by atoms with Gasteiger partial charge in [-0.15, -0.1) is 0 Å². The summed E-state index contributed by atoms with van der Waals surface area (Å²) in [7, 11) is -4.75. The van der Waals surface area contributed by atoms with Gasteiger partial charge < -0.3 is 31.1 Å². The second-order valence-corrected chi connectivity index (χ2v) is 18.1. The van der Waals surface area contributed by atoms with E-state index in [4.69, 9.17) is 9.05 Å². The molecule has 0 aromatic carbocycles. The van der Waals surface area contributed by atoms with Gasteiger partial charge in [0.25, 0.3) is 0 Å². The minimum Gasteiger partial charge on any atom is -0.390 e. The van der Waals surface area contributed by atoms with Crippen molar-refractivity contribution in [3.63, 3.8) is 0 Å². The highest BCUT2D eigenvalue weighted by Crippen LogP contribution is 2.70. The molecule has 278 valence electrons. The second kappa shape index (κ2) is 13.7. The van der Waals surface area contributed by atoms with Crippen LogP contribution in [0, 0.1) is 28.6 Å². The first-order valence-electron chi connectivity index (χ1n) is 17.6. The summed E-state index contributed by atoms with van der Waals surface area (Å²) in [4.78, 5) is 59.8. The third-order valence-electron chi connectivity index (χ3n) is 12.8. The van der Waals surface area contributed by atoms with Gasteiger partial charge in [-0.1, -0.05) is 31.9 Å². The number of urea groups is 1. The van der Waals surface area contributed by atoms with Crippen LogP contribution in [0.3, 0.4) is 0 Å². The lowest BCUT2D eigenvalue weighted by atomic mass is 9.44. The molecule has 6 rings (SSSR count). The fourth-order valence-corrected chi connectivity index (χ4v) is 12.4. The molecule has 3 amide bonds. The van der Waals surface area contributed by atoms with E-state index in [2.05, 4.69) is 16.0 Å². The van der Waals surface area contributed by atoms with Gasteiger partial charge in [0, 0.05) is 40.7 Å². The van der Waals surface area contributed by atoms with Crippen molar-refractivity contribution < 1.29 is 52.3 Å². The number of hydrogen-bond acceptors (Lipinski definition) is 10. The van der Waals surface area contributed by atoms with Crippen LogP contribution in [-0.2, 0) is 28.0 Å². The molecule has 12 atom stereocenters. The lowest BCUT2D eigenvalue weighted by Crippen LogP contribution is -2.69. The van der Waals surface area contributed by atoms with Crippen molar-refractivity contribution >= 4 is 43.1 Å². The Balaban J connectivity index is 0.970. The third-order valence-corrected chi connectivity index (χ3v) is 15.2. The Morgan fingerprint density at radius 1 is 1.18 bits per heavy atom. The molecule has 2 aliphatic heterocycles. The molecular weight excluding hydrogens is 692 g/mol.